The summed E-state index contributed by atoms with van der Waals surface area (Å²) in [4.78, 5) is 27.1. The first-order valence-electron chi connectivity index (χ1n) is 11.0. The van der Waals surface area contributed by atoms with E-state index in [1.807, 2.05) is 54.6 Å². The van der Waals surface area contributed by atoms with Crippen molar-refractivity contribution in [1.29, 1.82) is 0 Å². The van der Waals surface area contributed by atoms with Gasteiger partial charge in [-0.2, -0.15) is 4.37 Å². The maximum atomic E-state index is 11.2. The number of nitrogens with one attached hydrogen (secondary N) is 1. The van der Waals surface area contributed by atoms with Crippen LogP contribution in [0.5, 0.6) is 11.5 Å². The fourth-order valence-corrected chi connectivity index (χ4v) is 5.10. The van der Waals surface area contributed by atoms with Crippen molar-refractivity contribution in [3.8, 4) is 11.5 Å². The molecule has 35 heavy (non-hydrogen) atoms. The average molecular weight is 507 g/mol. The molecule has 1 aliphatic rings. The Labute approximate surface area is 210 Å². The second-order valence-electron chi connectivity index (χ2n) is 7.83. The van der Waals surface area contributed by atoms with Crippen molar-refractivity contribution in [2.45, 2.75) is 28.7 Å². The van der Waals surface area contributed by atoms with Crippen LogP contribution in [0.25, 0.3) is 0 Å². The summed E-state index contributed by atoms with van der Waals surface area (Å²) >= 11 is 2.75. The molecule has 4 aromatic rings. The second-order valence-corrected chi connectivity index (χ2v) is 9.68. The Morgan fingerprint density at radius 3 is 2.66 bits per heavy atom. The number of hydrogen-bond acceptors (Lipinski definition) is 9. The van der Waals surface area contributed by atoms with Crippen molar-refractivity contribution in [3.63, 3.8) is 0 Å². The number of ether oxygens (including phenoxy) is 1. The monoisotopic (exact) mass is 506 g/mol. The Morgan fingerprint density at radius 2 is 1.91 bits per heavy atom. The van der Waals surface area contributed by atoms with E-state index in [9.17, 15) is 4.79 Å². The normalized spacial score (nSPS) is 14.0. The Kier molecular flexibility index (Phi) is 7.05. The summed E-state index contributed by atoms with van der Waals surface area (Å²) in [5.41, 5.74) is 0. The lowest BCUT2D eigenvalue weighted by Gasteiger charge is -2.28. The predicted molar refractivity (Wildman–Crippen MR) is 134 cm³/mol. The SMILES string of the molecule is O=C(O)N1CCC(c2nsc(Nc3ncc(Sc4ccccn4)cc3Oc3ccccc3)n2)CC1. The predicted octanol–water partition coefficient (Wildman–Crippen LogP) is 5.87. The lowest BCUT2D eigenvalue weighted by Crippen LogP contribution is -2.37. The molecule has 0 atom stereocenters. The van der Waals surface area contributed by atoms with Crippen LogP contribution in [0.15, 0.2) is 76.9 Å². The van der Waals surface area contributed by atoms with Crippen LogP contribution in [-0.2, 0) is 0 Å². The van der Waals surface area contributed by atoms with E-state index in [0.717, 1.165) is 15.7 Å². The number of hydrogen-bond donors (Lipinski definition) is 2. The Balaban J connectivity index is 1.34. The van der Waals surface area contributed by atoms with Crippen molar-refractivity contribution in [2.24, 2.45) is 0 Å². The number of carbonyl (C=O) groups is 1. The number of nitrogens with zero attached hydrogens (tertiary/aromatic N) is 5. The van der Waals surface area contributed by atoms with Gasteiger partial charge in [0.25, 0.3) is 0 Å². The zero-order valence-electron chi connectivity index (χ0n) is 18.6. The van der Waals surface area contributed by atoms with Gasteiger partial charge in [-0.15, -0.1) is 0 Å². The Morgan fingerprint density at radius 1 is 1.11 bits per heavy atom. The zero-order valence-corrected chi connectivity index (χ0v) is 20.2. The van der Waals surface area contributed by atoms with E-state index in [-0.39, 0.29) is 5.92 Å². The summed E-state index contributed by atoms with van der Waals surface area (Å²) in [7, 11) is 0. The number of piperidine rings is 1. The maximum Gasteiger partial charge on any atom is 0.407 e. The summed E-state index contributed by atoms with van der Waals surface area (Å²) in [5, 5.41) is 13.9. The molecule has 1 amide bonds. The van der Waals surface area contributed by atoms with Gasteiger partial charge in [-0.25, -0.2) is 19.7 Å². The number of para-hydroxylation sites is 1. The molecule has 3 aromatic heterocycles. The number of amides is 1. The molecule has 0 aliphatic carbocycles. The molecule has 1 saturated heterocycles. The molecule has 1 aromatic carbocycles. The highest BCUT2D eigenvalue weighted by Crippen LogP contribution is 2.36. The molecule has 0 saturated carbocycles. The van der Waals surface area contributed by atoms with Crippen LogP contribution >= 0.6 is 23.3 Å². The third kappa shape index (κ3) is 5.87. The van der Waals surface area contributed by atoms with Crippen molar-refractivity contribution in [2.75, 3.05) is 18.4 Å². The fraction of sp³-hybridized carbons (Fsp3) is 0.208. The van der Waals surface area contributed by atoms with Crippen molar-refractivity contribution >= 4 is 40.3 Å². The van der Waals surface area contributed by atoms with E-state index >= 15 is 0 Å². The number of rotatable bonds is 7. The summed E-state index contributed by atoms with van der Waals surface area (Å²) in [6.07, 6.45) is 4.07. The van der Waals surface area contributed by atoms with E-state index in [2.05, 4.69) is 24.6 Å². The summed E-state index contributed by atoms with van der Waals surface area (Å²) in [6, 6.07) is 17.2. The quantitative estimate of drug-likeness (QED) is 0.317. The van der Waals surface area contributed by atoms with Crippen LogP contribution in [0.2, 0.25) is 0 Å². The van der Waals surface area contributed by atoms with E-state index in [0.29, 0.717) is 48.4 Å². The molecule has 178 valence electrons. The van der Waals surface area contributed by atoms with Gasteiger partial charge < -0.3 is 20.1 Å². The Hall–Kier alpha value is -3.70. The average Bonchev–Trinajstić information content (AvgIpc) is 3.35. The van der Waals surface area contributed by atoms with Gasteiger partial charge in [0.2, 0.25) is 5.13 Å². The van der Waals surface area contributed by atoms with Crippen LogP contribution < -0.4 is 10.1 Å². The van der Waals surface area contributed by atoms with Gasteiger partial charge in [0.15, 0.2) is 11.6 Å². The molecule has 0 radical (unpaired) electrons. The molecule has 0 spiro atoms. The minimum absolute atomic E-state index is 0.141. The molecular formula is C24H22N6O3S2. The van der Waals surface area contributed by atoms with Gasteiger partial charge in [-0.05, 0) is 37.1 Å². The van der Waals surface area contributed by atoms with Gasteiger partial charge in [-0.3, -0.25) is 0 Å². The first-order chi connectivity index (χ1) is 17.1. The number of pyridine rings is 2. The largest absolute Gasteiger partial charge is 0.465 e. The molecule has 4 heterocycles. The van der Waals surface area contributed by atoms with Crippen LogP contribution in [0.3, 0.4) is 0 Å². The van der Waals surface area contributed by atoms with Crippen LogP contribution in [0, 0.1) is 0 Å². The number of anilines is 2. The third-order valence-electron chi connectivity index (χ3n) is 5.46. The molecule has 1 fully saturated rings. The first kappa shape index (κ1) is 23.1. The zero-order chi connectivity index (χ0) is 24.0. The number of benzene rings is 1. The van der Waals surface area contributed by atoms with Crippen LogP contribution in [0.1, 0.15) is 24.6 Å². The van der Waals surface area contributed by atoms with E-state index in [1.54, 1.807) is 12.4 Å². The smallest absolute Gasteiger partial charge is 0.407 e. The molecule has 1 aliphatic heterocycles. The topological polar surface area (TPSA) is 113 Å². The highest BCUT2D eigenvalue weighted by molar-refractivity contribution is 7.99. The molecule has 0 bridgehead atoms. The van der Waals surface area contributed by atoms with Gasteiger partial charge in [0.05, 0.1) is 0 Å². The van der Waals surface area contributed by atoms with Crippen molar-refractivity contribution in [1.82, 2.24) is 24.2 Å². The first-order valence-corrected chi connectivity index (χ1v) is 12.6. The minimum Gasteiger partial charge on any atom is -0.465 e. The van der Waals surface area contributed by atoms with Crippen molar-refractivity contribution < 1.29 is 14.6 Å². The molecule has 2 N–H and O–H groups in total. The standard InChI is InChI=1S/C24H22N6O3S2/c31-24(32)30-12-9-16(10-13-30)21-27-23(35-29-21)28-22-19(33-17-6-2-1-3-7-17)14-18(15-26-22)34-20-8-4-5-11-25-20/h1-8,11,14-16H,9-10,12-13H2,(H,31,32)(H,26,27,28,29). The van der Waals surface area contributed by atoms with Crippen LogP contribution in [0.4, 0.5) is 15.7 Å². The fourth-order valence-electron chi connectivity index (χ4n) is 3.68. The second kappa shape index (κ2) is 10.7. The summed E-state index contributed by atoms with van der Waals surface area (Å²) in [6.45, 7) is 0.988. The van der Waals surface area contributed by atoms with Gasteiger partial charge >= 0.3 is 6.09 Å². The maximum absolute atomic E-state index is 11.2. The number of carboxylic acid groups (broad SMARTS) is 1. The van der Waals surface area contributed by atoms with E-state index in [1.165, 1.54) is 28.2 Å². The summed E-state index contributed by atoms with van der Waals surface area (Å²) in [5.74, 6) is 2.66. The van der Waals surface area contributed by atoms with Gasteiger partial charge in [-0.1, -0.05) is 36.0 Å². The lowest BCUT2D eigenvalue weighted by molar-refractivity contribution is 0.131. The molecular weight excluding hydrogens is 484 g/mol. The van der Waals surface area contributed by atoms with Crippen LogP contribution in [-0.4, -0.2) is 48.5 Å². The third-order valence-corrected chi connectivity index (χ3v) is 7.01. The highest BCUT2D eigenvalue weighted by atomic mass is 32.2. The lowest BCUT2D eigenvalue weighted by atomic mass is 9.96. The van der Waals surface area contributed by atoms with E-state index in [4.69, 9.17) is 9.84 Å². The highest BCUT2D eigenvalue weighted by Gasteiger charge is 2.26. The molecule has 5 rings (SSSR count). The summed E-state index contributed by atoms with van der Waals surface area (Å²) < 4.78 is 10.7. The molecule has 0 unspecified atom stereocenters. The van der Waals surface area contributed by atoms with Gasteiger partial charge in [0.1, 0.15) is 16.6 Å². The molecule has 11 heteroatoms. The minimum atomic E-state index is -0.876. The number of likely N-dealkylation sites (tertiary alicyclic amines) is 1. The number of aromatic nitrogens is 4. The Bertz CT molecular complexity index is 1280. The van der Waals surface area contributed by atoms with Gasteiger partial charge in [0, 0.05) is 53.9 Å². The van der Waals surface area contributed by atoms with Crippen molar-refractivity contribution in [3.05, 3.63) is 72.8 Å². The van der Waals surface area contributed by atoms with E-state index < -0.39 is 6.09 Å². The molecule has 9 nitrogen and oxygen atoms in total.